The fourth-order valence-corrected chi connectivity index (χ4v) is 2.23. The number of hydrogen-bond donors (Lipinski definition) is 1. The first-order valence-electron chi connectivity index (χ1n) is 6.15. The molecule has 1 N–H and O–H groups in total. The maximum Gasteiger partial charge on any atom is 0.123 e. The molecule has 0 aliphatic rings. The second kappa shape index (κ2) is 7.12. The van der Waals surface area contributed by atoms with E-state index in [0.717, 1.165) is 35.5 Å². The average molecular weight is 316 g/mol. The van der Waals surface area contributed by atoms with E-state index in [1.165, 1.54) is 0 Å². The van der Waals surface area contributed by atoms with Crippen LogP contribution in [0.3, 0.4) is 0 Å². The molecule has 3 nitrogen and oxygen atoms in total. The Morgan fingerprint density at radius 1 is 1.33 bits per heavy atom. The summed E-state index contributed by atoms with van der Waals surface area (Å²) in [6.45, 7) is 8.48. The van der Waals surface area contributed by atoms with Crippen molar-refractivity contribution in [2.24, 2.45) is 0 Å². The van der Waals surface area contributed by atoms with E-state index >= 15 is 0 Å². The van der Waals surface area contributed by atoms with Crippen molar-refractivity contribution in [2.45, 2.75) is 32.9 Å². The van der Waals surface area contributed by atoms with Gasteiger partial charge in [0.05, 0.1) is 12.7 Å². The predicted octanol–water partition coefficient (Wildman–Crippen LogP) is 3.36. The van der Waals surface area contributed by atoms with Crippen molar-refractivity contribution in [3.8, 4) is 5.75 Å². The molecule has 0 spiro atoms. The summed E-state index contributed by atoms with van der Waals surface area (Å²) in [5.41, 5.74) is 0.993. The van der Waals surface area contributed by atoms with Crippen LogP contribution in [0.15, 0.2) is 22.7 Å². The Balaban J connectivity index is 2.55. The summed E-state index contributed by atoms with van der Waals surface area (Å²) < 4.78 is 12.0. The summed E-state index contributed by atoms with van der Waals surface area (Å²) in [5, 5.41) is 3.40. The standard InChI is InChI=1S/C14H22BrNO2/c1-5-18-14(2,3)10-16-9-11-8-12(15)6-7-13(11)17-4/h6-8,16H,5,9-10H2,1-4H3. The van der Waals surface area contributed by atoms with E-state index in [1.807, 2.05) is 19.1 Å². The molecule has 0 unspecified atom stereocenters. The van der Waals surface area contributed by atoms with Gasteiger partial charge in [0, 0.05) is 29.7 Å². The van der Waals surface area contributed by atoms with Gasteiger partial charge in [0.2, 0.25) is 0 Å². The maximum absolute atomic E-state index is 5.64. The smallest absolute Gasteiger partial charge is 0.123 e. The molecule has 1 aromatic rings. The van der Waals surface area contributed by atoms with Gasteiger partial charge < -0.3 is 14.8 Å². The van der Waals surface area contributed by atoms with Crippen LogP contribution in [-0.4, -0.2) is 25.9 Å². The largest absolute Gasteiger partial charge is 0.496 e. The maximum atomic E-state index is 5.64. The number of rotatable bonds is 7. The number of nitrogens with one attached hydrogen (secondary N) is 1. The summed E-state index contributed by atoms with van der Waals surface area (Å²) in [5.74, 6) is 0.903. The lowest BCUT2D eigenvalue weighted by molar-refractivity contribution is -0.00900. The molecule has 4 heteroatoms. The predicted molar refractivity (Wildman–Crippen MR) is 78.1 cm³/mol. The van der Waals surface area contributed by atoms with Crippen molar-refractivity contribution in [1.82, 2.24) is 5.32 Å². The summed E-state index contributed by atoms with van der Waals surface area (Å²) >= 11 is 3.47. The molecule has 0 amide bonds. The molecule has 0 saturated carbocycles. The van der Waals surface area contributed by atoms with Crippen LogP contribution in [-0.2, 0) is 11.3 Å². The SMILES string of the molecule is CCOC(C)(C)CNCc1cc(Br)ccc1OC. The zero-order chi connectivity index (χ0) is 13.6. The van der Waals surface area contributed by atoms with Crippen molar-refractivity contribution < 1.29 is 9.47 Å². The molecule has 0 bridgehead atoms. The minimum Gasteiger partial charge on any atom is -0.496 e. The topological polar surface area (TPSA) is 30.5 Å². The highest BCUT2D eigenvalue weighted by Gasteiger charge is 2.16. The van der Waals surface area contributed by atoms with Crippen LogP contribution in [0.4, 0.5) is 0 Å². The lowest BCUT2D eigenvalue weighted by Gasteiger charge is -2.25. The molecule has 1 aromatic carbocycles. The van der Waals surface area contributed by atoms with Crippen LogP contribution >= 0.6 is 15.9 Å². The molecule has 102 valence electrons. The fraction of sp³-hybridized carbons (Fsp3) is 0.571. The lowest BCUT2D eigenvalue weighted by Crippen LogP contribution is -2.37. The number of halogens is 1. The summed E-state index contributed by atoms with van der Waals surface area (Å²) in [6.07, 6.45) is 0. The van der Waals surface area contributed by atoms with E-state index in [9.17, 15) is 0 Å². The third-order valence-electron chi connectivity index (χ3n) is 2.64. The van der Waals surface area contributed by atoms with Gasteiger partial charge in [-0.25, -0.2) is 0 Å². The van der Waals surface area contributed by atoms with Gasteiger partial charge in [0.15, 0.2) is 0 Å². The zero-order valence-electron chi connectivity index (χ0n) is 11.5. The highest BCUT2D eigenvalue weighted by atomic mass is 79.9. The van der Waals surface area contributed by atoms with E-state index in [1.54, 1.807) is 7.11 Å². The van der Waals surface area contributed by atoms with Gasteiger partial charge in [0.1, 0.15) is 5.75 Å². The van der Waals surface area contributed by atoms with Crippen LogP contribution in [0.2, 0.25) is 0 Å². The molecular weight excluding hydrogens is 294 g/mol. The van der Waals surface area contributed by atoms with E-state index in [-0.39, 0.29) is 5.60 Å². The molecule has 0 fully saturated rings. The van der Waals surface area contributed by atoms with E-state index in [0.29, 0.717) is 0 Å². The van der Waals surface area contributed by atoms with Gasteiger partial charge in [-0.15, -0.1) is 0 Å². The Morgan fingerprint density at radius 3 is 2.67 bits per heavy atom. The Kier molecular flexibility index (Phi) is 6.12. The van der Waals surface area contributed by atoms with Crippen LogP contribution in [0.25, 0.3) is 0 Å². The van der Waals surface area contributed by atoms with Crippen LogP contribution in [0.5, 0.6) is 5.75 Å². The zero-order valence-corrected chi connectivity index (χ0v) is 13.1. The molecule has 0 heterocycles. The summed E-state index contributed by atoms with van der Waals surface area (Å²) in [6, 6.07) is 6.01. The van der Waals surface area contributed by atoms with Crippen molar-refractivity contribution in [1.29, 1.82) is 0 Å². The van der Waals surface area contributed by atoms with Gasteiger partial charge in [-0.1, -0.05) is 15.9 Å². The molecule has 0 aromatic heterocycles. The number of hydrogen-bond acceptors (Lipinski definition) is 3. The number of methoxy groups -OCH3 is 1. The molecular formula is C14H22BrNO2. The first kappa shape index (κ1) is 15.5. The van der Waals surface area contributed by atoms with Crippen LogP contribution in [0.1, 0.15) is 26.3 Å². The first-order chi connectivity index (χ1) is 8.48. The molecule has 1 rings (SSSR count). The summed E-state index contributed by atoms with van der Waals surface area (Å²) in [4.78, 5) is 0. The normalized spacial score (nSPS) is 11.6. The fourth-order valence-electron chi connectivity index (χ4n) is 1.83. The van der Waals surface area contributed by atoms with E-state index < -0.39 is 0 Å². The van der Waals surface area contributed by atoms with Gasteiger partial charge in [-0.05, 0) is 39.0 Å². The molecule has 18 heavy (non-hydrogen) atoms. The first-order valence-corrected chi connectivity index (χ1v) is 6.95. The third kappa shape index (κ3) is 4.96. The van der Waals surface area contributed by atoms with Gasteiger partial charge >= 0.3 is 0 Å². The molecule has 0 atom stereocenters. The number of benzene rings is 1. The van der Waals surface area contributed by atoms with Crippen molar-refractivity contribution in [3.63, 3.8) is 0 Å². The summed E-state index contributed by atoms with van der Waals surface area (Å²) in [7, 11) is 1.69. The van der Waals surface area contributed by atoms with Gasteiger partial charge in [-0.3, -0.25) is 0 Å². The van der Waals surface area contributed by atoms with Crippen LogP contribution < -0.4 is 10.1 Å². The van der Waals surface area contributed by atoms with Crippen molar-refractivity contribution in [3.05, 3.63) is 28.2 Å². The lowest BCUT2D eigenvalue weighted by atomic mass is 10.1. The Bertz CT molecular complexity index is 380. The number of ether oxygens (including phenoxy) is 2. The van der Waals surface area contributed by atoms with E-state index in [4.69, 9.17) is 9.47 Å². The van der Waals surface area contributed by atoms with Crippen molar-refractivity contribution in [2.75, 3.05) is 20.3 Å². The highest BCUT2D eigenvalue weighted by molar-refractivity contribution is 9.10. The Labute approximate surface area is 118 Å². The second-order valence-corrected chi connectivity index (χ2v) is 5.67. The minimum atomic E-state index is -0.145. The van der Waals surface area contributed by atoms with Gasteiger partial charge in [0.25, 0.3) is 0 Å². The third-order valence-corrected chi connectivity index (χ3v) is 3.14. The van der Waals surface area contributed by atoms with Gasteiger partial charge in [-0.2, -0.15) is 0 Å². The van der Waals surface area contributed by atoms with Crippen molar-refractivity contribution >= 4 is 15.9 Å². The van der Waals surface area contributed by atoms with E-state index in [2.05, 4.69) is 41.2 Å². The monoisotopic (exact) mass is 315 g/mol. The second-order valence-electron chi connectivity index (χ2n) is 4.75. The molecule has 0 saturated heterocycles. The molecule has 0 aliphatic heterocycles. The average Bonchev–Trinajstić information content (AvgIpc) is 2.29. The Hall–Kier alpha value is -0.580. The molecule has 0 aliphatic carbocycles. The molecule has 0 radical (unpaired) electrons. The quantitative estimate of drug-likeness (QED) is 0.837. The van der Waals surface area contributed by atoms with Crippen LogP contribution in [0, 0.1) is 0 Å². The highest BCUT2D eigenvalue weighted by Crippen LogP contribution is 2.22. The minimum absolute atomic E-state index is 0.145. The Morgan fingerprint density at radius 2 is 2.06 bits per heavy atom.